The molecule has 0 saturated heterocycles. The number of carbonyl (C=O) groups excluding carboxylic acids is 1. The Kier molecular flexibility index (Phi) is 4.67. The number of carbonyl (C=O) groups is 1. The van der Waals surface area contributed by atoms with Crippen LogP contribution in [0.4, 0.5) is 14.5 Å². The van der Waals surface area contributed by atoms with Gasteiger partial charge in [-0.15, -0.1) is 0 Å². The van der Waals surface area contributed by atoms with Crippen molar-refractivity contribution in [3.05, 3.63) is 27.4 Å². The number of aromatic nitrogens is 1. The van der Waals surface area contributed by atoms with Gasteiger partial charge in [-0.3, -0.25) is 14.9 Å². The van der Waals surface area contributed by atoms with Crippen molar-refractivity contribution in [1.29, 1.82) is 0 Å². The SMILES string of the molecule is COC(=O)Cc1cnc(OC)c([N+](=O)[O-])c1C(F)F. The zero-order valence-corrected chi connectivity index (χ0v) is 10.1. The van der Waals surface area contributed by atoms with E-state index in [1.54, 1.807) is 0 Å². The van der Waals surface area contributed by atoms with Crippen molar-refractivity contribution in [3.8, 4) is 5.88 Å². The number of hydrogen-bond donors (Lipinski definition) is 0. The van der Waals surface area contributed by atoms with E-state index in [0.717, 1.165) is 20.4 Å². The molecule has 9 heteroatoms. The van der Waals surface area contributed by atoms with Gasteiger partial charge in [0.25, 0.3) is 12.3 Å². The molecule has 7 nitrogen and oxygen atoms in total. The second kappa shape index (κ2) is 6.03. The lowest BCUT2D eigenvalue weighted by molar-refractivity contribution is -0.387. The zero-order valence-electron chi connectivity index (χ0n) is 10.1. The normalized spacial score (nSPS) is 10.4. The van der Waals surface area contributed by atoms with Crippen molar-refractivity contribution in [2.45, 2.75) is 12.8 Å². The van der Waals surface area contributed by atoms with E-state index in [1.807, 2.05) is 0 Å². The molecular weight excluding hydrogens is 266 g/mol. The molecule has 0 fully saturated rings. The van der Waals surface area contributed by atoms with Crippen LogP contribution in [0, 0.1) is 10.1 Å². The molecule has 1 aromatic heterocycles. The average molecular weight is 276 g/mol. The monoisotopic (exact) mass is 276 g/mol. The quantitative estimate of drug-likeness (QED) is 0.461. The van der Waals surface area contributed by atoms with Crippen LogP contribution in [0.5, 0.6) is 5.88 Å². The maximum absolute atomic E-state index is 13.0. The number of esters is 1. The van der Waals surface area contributed by atoms with Gasteiger partial charge in [0.1, 0.15) is 5.56 Å². The second-order valence-electron chi connectivity index (χ2n) is 3.37. The summed E-state index contributed by atoms with van der Waals surface area (Å²) in [5, 5.41) is 10.8. The molecule has 0 amide bonds. The first kappa shape index (κ1) is 14.7. The highest BCUT2D eigenvalue weighted by molar-refractivity contribution is 5.73. The predicted molar refractivity (Wildman–Crippen MR) is 58.1 cm³/mol. The van der Waals surface area contributed by atoms with Crippen LogP contribution in [0.2, 0.25) is 0 Å². The van der Waals surface area contributed by atoms with Crippen LogP contribution in [0.3, 0.4) is 0 Å². The van der Waals surface area contributed by atoms with Crippen LogP contribution in [0.15, 0.2) is 6.20 Å². The number of pyridine rings is 1. The smallest absolute Gasteiger partial charge is 0.340 e. The van der Waals surface area contributed by atoms with Crippen molar-refractivity contribution < 1.29 is 28.0 Å². The summed E-state index contributed by atoms with van der Waals surface area (Å²) in [6.45, 7) is 0. The number of ether oxygens (including phenoxy) is 2. The fraction of sp³-hybridized carbons (Fsp3) is 0.400. The van der Waals surface area contributed by atoms with Gasteiger partial charge in [-0.1, -0.05) is 0 Å². The number of alkyl halides is 2. The predicted octanol–water partition coefficient (Wildman–Crippen LogP) is 1.65. The summed E-state index contributed by atoms with van der Waals surface area (Å²) in [5.74, 6) is -1.34. The first-order chi connectivity index (χ1) is 8.92. The molecule has 1 heterocycles. The highest BCUT2D eigenvalue weighted by Gasteiger charge is 2.32. The number of nitrogens with zero attached hydrogens (tertiary/aromatic N) is 2. The molecular formula is C10H10F2N2O5. The van der Waals surface area contributed by atoms with Gasteiger partial charge in [-0.25, -0.2) is 13.8 Å². The summed E-state index contributed by atoms with van der Waals surface area (Å²) in [7, 11) is 2.15. The Morgan fingerprint density at radius 3 is 2.58 bits per heavy atom. The summed E-state index contributed by atoms with van der Waals surface area (Å²) in [5.41, 5.74) is -2.10. The third-order valence-corrected chi connectivity index (χ3v) is 2.30. The van der Waals surface area contributed by atoms with E-state index in [4.69, 9.17) is 0 Å². The highest BCUT2D eigenvalue weighted by atomic mass is 19.3. The molecule has 0 radical (unpaired) electrons. The molecule has 0 spiro atoms. The number of rotatable bonds is 5. The van der Waals surface area contributed by atoms with Gasteiger partial charge in [0, 0.05) is 6.20 Å². The number of methoxy groups -OCH3 is 2. The molecule has 19 heavy (non-hydrogen) atoms. The Bertz CT molecular complexity index is 507. The van der Waals surface area contributed by atoms with Crippen molar-refractivity contribution in [2.24, 2.45) is 0 Å². The van der Waals surface area contributed by atoms with E-state index in [-0.39, 0.29) is 5.56 Å². The van der Waals surface area contributed by atoms with E-state index in [1.165, 1.54) is 0 Å². The maximum atomic E-state index is 13.0. The minimum absolute atomic E-state index is 0.269. The third kappa shape index (κ3) is 3.12. The molecule has 1 rings (SSSR count). The van der Waals surface area contributed by atoms with Crippen molar-refractivity contribution in [2.75, 3.05) is 14.2 Å². The summed E-state index contributed by atoms with van der Waals surface area (Å²) < 4.78 is 34.9. The van der Waals surface area contributed by atoms with E-state index in [9.17, 15) is 23.7 Å². The Hall–Kier alpha value is -2.32. The fourth-order valence-electron chi connectivity index (χ4n) is 1.47. The maximum Gasteiger partial charge on any atom is 0.340 e. The van der Waals surface area contributed by atoms with Crippen molar-refractivity contribution in [3.63, 3.8) is 0 Å². The Morgan fingerprint density at radius 1 is 1.53 bits per heavy atom. The lowest BCUT2D eigenvalue weighted by Gasteiger charge is -2.10. The minimum atomic E-state index is -3.14. The Labute approximate surface area is 106 Å². The molecule has 0 aliphatic rings. The standard InChI is InChI=1S/C10H10F2N2O5/c1-18-6(15)3-5-4-13-10(19-2)8(14(16)17)7(5)9(11)12/h4,9H,3H2,1-2H3. The first-order valence-electron chi connectivity index (χ1n) is 4.97. The molecule has 0 saturated carbocycles. The lowest BCUT2D eigenvalue weighted by Crippen LogP contribution is -2.11. The topological polar surface area (TPSA) is 91.6 Å². The van der Waals surface area contributed by atoms with Gasteiger partial charge in [-0.05, 0) is 5.56 Å². The van der Waals surface area contributed by atoms with E-state index in [0.29, 0.717) is 0 Å². The molecule has 0 aromatic carbocycles. The Morgan fingerprint density at radius 2 is 2.16 bits per heavy atom. The van der Waals surface area contributed by atoms with Crippen molar-refractivity contribution >= 4 is 11.7 Å². The zero-order chi connectivity index (χ0) is 14.6. The summed E-state index contributed by atoms with van der Waals surface area (Å²) in [6, 6.07) is 0. The van der Waals surface area contributed by atoms with Gasteiger partial charge < -0.3 is 9.47 Å². The van der Waals surface area contributed by atoms with E-state index < -0.39 is 40.9 Å². The van der Waals surface area contributed by atoms with Gasteiger partial charge >= 0.3 is 11.7 Å². The second-order valence-corrected chi connectivity index (χ2v) is 3.37. The van der Waals surface area contributed by atoms with Crippen LogP contribution in [0.1, 0.15) is 17.6 Å². The van der Waals surface area contributed by atoms with Crippen molar-refractivity contribution in [1.82, 2.24) is 4.98 Å². The molecule has 104 valence electrons. The molecule has 0 unspecified atom stereocenters. The number of nitro groups is 1. The summed E-state index contributed by atoms with van der Waals surface area (Å²) >= 11 is 0. The van der Waals surface area contributed by atoms with E-state index >= 15 is 0 Å². The highest BCUT2D eigenvalue weighted by Crippen LogP contribution is 2.37. The first-order valence-corrected chi connectivity index (χ1v) is 4.97. The van der Waals surface area contributed by atoms with Gasteiger partial charge in [0.05, 0.1) is 25.6 Å². The lowest BCUT2D eigenvalue weighted by atomic mass is 10.1. The van der Waals surface area contributed by atoms with E-state index in [2.05, 4.69) is 14.5 Å². The average Bonchev–Trinajstić information content (AvgIpc) is 2.37. The molecule has 0 N–H and O–H groups in total. The molecule has 0 aliphatic heterocycles. The number of hydrogen-bond acceptors (Lipinski definition) is 6. The van der Waals surface area contributed by atoms with Gasteiger partial charge in [0.15, 0.2) is 0 Å². The number of halogens is 2. The van der Waals surface area contributed by atoms with Crippen LogP contribution in [-0.2, 0) is 16.0 Å². The molecule has 0 bridgehead atoms. The largest absolute Gasteiger partial charge is 0.476 e. The summed E-state index contributed by atoms with van der Waals surface area (Å²) in [6.07, 6.45) is -2.74. The molecule has 0 aliphatic carbocycles. The molecule has 1 aromatic rings. The van der Waals surface area contributed by atoms with Crippen LogP contribution < -0.4 is 4.74 Å². The van der Waals surface area contributed by atoms with Crippen LogP contribution in [-0.4, -0.2) is 30.1 Å². The molecule has 0 atom stereocenters. The minimum Gasteiger partial charge on any atom is -0.476 e. The third-order valence-electron chi connectivity index (χ3n) is 2.30. The Balaban J connectivity index is 3.44. The van der Waals surface area contributed by atoms with Crippen LogP contribution >= 0.6 is 0 Å². The summed E-state index contributed by atoms with van der Waals surface area (Å²) in [4.78, 5) is 24.5. The van der Waals surface area contributed by atoms with Crippen LogP contribution in [0.25, 0.3) is 0 Å². The van der Waals surface area contributed by atoms with Gasteiger partial charge in [0.2, 0.25) is 0 Å². The van der Waals surface area contributed by atoms with Gasteiger partial charge in [-0.2, -0.15) is 0 Å². The fourth-order valence-corrected chi connectivity index (χ4v) is 1.47.